The third-order valence-electron chi connectivity index (χ3n) is 1.86. The van der Waals surface area contributed by atoms with Crippen LogP contribution in [-0.2, 0) is 9.53 Å². The van der Waals surface area contributed by atoms with Crippen molar-refractivity contribution in [2.45, 2.75) is 39.5 Å². The fourth-order valence-electron chi connectivity index (χ4n) is 0.953. The first-order valence-electron chi connectivity index (χ1n) is 4.85. The van der Waals surface area contributed by atoms with E-state index in [9.17, 15) is 4.79 Å². The number of esters is 1. The number of rotatable bonds is 6. The molecule has 0 saturated heterocycles. The Labute approximate surface area is 80.7 Å². The molecule has 0 aliphatic carbocycles. The Morgan fingerprint density at radius 2 is 2.15 bits per heavy atom. The Morgan fingerprint density at radius 3 is 2.62 bits per heavy atom. The van der Waals surface area contributed by atoms with Gasteiger partial charge in [-0.15, -0.1) is 0 Å². The summed E-state index contributed by atoms with van der Waals surface area (Å²) in [6.45, 7) is 4.42. The zero-order valence-electron chi connectivity index (χ0n) is 8.43. The van der Waals surface area contributed by atoms with Gasteiger partial charge in [0.1, 0.15) is 5.92 Å². The molecule has 0 aromatic rings. The lowest BCUT2D eigenvalue weighted by atomic mass is 10.1. The highest BCUT2D eigenvalue weighted by Gasteiger charge is 2.14. The molecule has 1 radical (unpaired) electrons. The lowest BCUT2D eigenvalue weighted by molar-refractivity contribution is -0.146. The van der Waals surface area contributed by atoms with Crippen LogP contribution in [0.3, 0.4) is 0 Å². The van der Waals surface area contributed by atoms with Crippen LogP contribution in [0.15, 0.2) is 0 Å². The predicted molar refractivity (Wildman–Crippen MR) is 51.4 cm³/mol. The van der Waals surface area contributed by atoms with Crippen LogP contribution < -0.4 is 0 Å². The molecule has 2 nitrogen and oxygen atoms in total. The van der Waals surface area contributed by atoms with E-state index in [1.807, 2.05) is 6.92 Å². The molecule has 0 spiro atoms. The van der Waals surface area contributed by atoms with Gasteiger partial charge in [0.05, 0.1) is 6.61 Å². The van der Waals surface area contributed by atoms with Gasteiger partial charge in [-0.25, -0.2) is 0 Å². The molecular weight excluding hydrogens is 164 g/mol. The van der Waals surface area contributed by atoms with E-state index in [0.29, 0.717) is 13.0 Å². The summed E-state index contributed by atoms with van der Waals surface area (Å²) in [5.41, 5.74) is 0. The Kier molecular flexibility index (Phi) is 7.10. The highest BCUT2D eigenvalue weighted by molar-refractivity contribution is 5.75. The van der Waals surface area contributed by atoms with Crippen molar-refractivity contribution in [3.63, 3.8) is 0 Å². The first-order chi connectivity index (χ1) is 6.26. The van der Waals surface area contributed by atoms with Crippen LogP contribution in [0.1, 0.15) is 39.5 Å². The van der Waals surface area contributed by atoms with E-state index in [1.54, 1.807) is 0 Å². The first-order valence-corrected chi connectivity index (χ1v) is 4.85. The average molecular weight is 181 g/mol. The van der Waals surface area contributed by atoms with E-state index < -0.39 is 5.92 Å². The van der Waals surface area contributed by atoms with Gasteiger partial charge >= 0.3 is 5.97 Å². The summed E-state index contributed by atoms with van der Waals surface area (Å²) in [6.07, 6.45) is 10.6. The molecule has 1 unspecified atom stereocenters. The van der Waals surface area contributed by atoms with Crippen molar-refractivity contribution in [3.8, 4) is 5.92 Å². The molecule has 0 aromatic heterocycles. The molecular formula is C11H17O2. The molecule has 0 heterocycles. The van der Waals surface area contributed by atoms with Crippen molar-refractivity contribution in [1.82, 2.24) is 0 Å². The third-order valence-corrected chi connectivity index (χ3v) is 1.86. The molecule has 0 rings (SSSR count). The molecule has 0 bridgehead atoms. The summed E-state index contributed by atoms with van der Waals surface area (Å²) in [4.78, 5) is 11.2. The predicted octanol–water partition coefficient (Wildman–Crippen LogP) is 2.34. The smallest absolute Gasteiger partial charge is 0.321 e. The molecule has 73 valence electrons. The van der Waals surface area contributed by atoms with Crippen molar-refractivity contribution in [2.75, 3.05) is 6.61 Å². The molecule has 0 N–H and O–H groups in total. The molecule has 0 fully saturated rings. The van der Waals surface area contributed by atoms with E-state index in [1.165, 1.54) is 0 Å². The minimum Gasteiger partial charge on any atom is -0.465 e. The maximum atomic E-state index is 11.2. The number of carbonyl (C=O) groups excluding carboxylic acids is 1. The number of carbonyl (C=O) groups is 1. The van der Waals surface area contributed by atoms with E-state index in [2.05, 4.69) is 12.8 Å². The monoisotopic (exact) mass is 181 g/mol. The van der Waals surface area contributed by atoms with E-state index in [-0.39, 0.29) is 5.97 Å². The van der Waals surface area contributed by atoms with Gasteiger partial charge in [0, 0.05) is 0 Å². The van der Waals surface area contributed by atoms with Crippen LogP contribution in [0.2, 0.25) is 0 Å². The summed E-state index contributed by atoms with van der Waals surface area (Å²) in [5, 5.41) is 0. The molecule has 0 saturated carbocycles. The number of hydrogen-bond donors (Lipinski definition) is 0. The SMILES string of the molecule is [C]#CC(CC)C(=O)OCCCCC. The summed E-state index contributed by atoms with van der Waals surface area (Å²) in [5.74, 6) is 1.39. The fraction of sp³-hybridized carbons (Fsp3) is 0.727. The second-order valence-electron chi connectivity index (χ2n) is 2.98. The van der Waals surface area contributed by atoms with Gasteiger partial charge in [-0.05, 0) is 19.3 Å². The van der Waals surface area contributed by atoms with Crippen LogP contribution in [-0.4, -0.2) is 12.6 Å². The van der Waals surface area contributed by atoms with Gasteiger partial charge in [0.15, 0.2) is 0 Å². The van der Waals surface area contributed by atoms with Crippen LogP contribution in [0.25, 0.3) is 0 Å². The molecule has 13 heavy (non-hydrogen) atoms. The van der Waals surface area contributed by atoms with E-state index in [0.717, 1.165) is 19.3 Å². The zero-order valence-corrected chi connectivity index (χ0v) is 8.43. The molecule has 0 amide bonds. The van der Waals surface area contributed by atoms with Crippen molar-refractivity contribution in [3.05, 3.63) is 6.42 Å². The van der Waals surface area contributed by atoms with Crippen molar-refractivity contribution >= 4 is 5.97 Å². The third kappa shape index (κ3) is 5.30. The maximum absolute atomic E-state index is 11.2. The van der Waals surface area contributed by atoms with Crippen LogP contribution in [0, 0.1) is 18.3 Å². The summed E-state index contributed by atoms with van der Waals surface area (Å²) in [6, 6.07) is 0. The van der Waals surface area contributed by atoms with Gasteiger partial charge in [0.2, 0.25) is 0 Å². The average Bonchev–Trinajstić information content (AvgIpc) is 2.14. The lowest BCUT2D eigenvalue weighted by Crippen LogP contribution is -2.15. The Morgan fingerprint density at radius 1 is 1.46 bits per heavy atom. The van der Waals surface area contributed by atoms with Crippen LogP contribution in [0.4, 0.5) is 0 Å². The molecule has 0 aromatic carbocycles. The van der Waals surface area contributed by atoms with Gasteiger partial charge in [-0.1, -0.05) is 32.6 Å². The Balaban J connectivity index is 3.56. The number of hydrogen-bond acceptors (Lipinski definition) is 2. The highest BCUT2D eigenvalue weighted by Crippen LogP contribution is 2.04. The first kappa shape index (κ1) is 12.0. The topological polar surface area (TPSA) is 26.3 Å². The minimum atomic E-state index is -0.471. The largest absolute Gasteiger partial charge is 0.465 e. The molecule has 1 atom stereocenters. The minimum absolute atomic E-state index is 0.311. The van der Waals surface area contributed by atoms with E-state index >= 15 is 0 Å². The molecule has 2 heteroatoms. The molecule has 0 aliphatic rings. The van der Waals surface area contributed by atoms with Crippen molar-refractivity contribution in [2.24, 2.45) is 5.92 Å². The fourth-order valence-corrected chi connectivity index (χ4v) is 0.953. The summed E-state index contributed by atoms with van der Waals surface area (Å²) >= 11 is 0. The Bertz CT molecular complexity index is 179. The van der Waals surface area contributed by atoms with Gasteiger partial charge < -0.3 is 4.74 Å². The zero-order chi connectivity index (χ0) is 10.1. The number of ether oxygens (including phenoxy) is 1. The lowest BCUT2D eigenvalue weighted by Gasteiger charge is -2.07. The van der Waals surface area contributed by atoms with Gasteiger partial charge in [-0.3, -0.25) is 4.79 Å². The second kappa shape index (κ2) is 7.67. The maximum Gasteiger partial charge on any atom is 0.321 e. The normalized spacial score (nSPS) is 11.8. The van der Waals surface area contributed by atoms with E-state index in [4.69, 9.17) is 11.2 Å². The highest BCUT2D eigenvalue weighted by atomic mass is 16.5. The quantitative estimate of drug-likeness (QED) is 0.357. The number of unbranched alkanes of at least 4 members (excludes halogenated alkanes) is 2. The van der Waals surface area contributed by atoms with Gasteiger partial charge in [-0.2, -0.15) is 0 Å². The van der Waals surface area contributed by atoms with Crippen LogP contribution in [0.5, 0.6) is 0 Å². The summed E-state index contributed by atoms with van der Waals surface area (Å²) in [7, 11) is 0. The van der Waals surface area contributed by atoms with Crippen LogP contribution >= 0.6 is 0 Å². The second-order valence-corrected chi connectivity index (χ2v) is 2.98. The molecule has 0 aliphatic heterocycles. The standard InChI is InChI=1S/C11H17O2/c1-4-7-8-9-13-11(12)10(5-2)6-3/h10H,4-5,7-9H2,1-2H3. The van der Waals surface area contributed by atoms with Crippen molar-refractivity contribution in [1.29, 1.82) is 0 Å². The summed E-state index contributed by atoms with van der Waals surface area (Å²) < 4.78 is 4.97. The van der Waals surface area contributed by atoms with Crippen molar-refractivity contribution < 1.29 is 9.53 Å². The Hall–Kier alpha value is -0.970. The van der Waals surface area contributed by atoms with Gasteiger partial charge in [0.25, 0.3) is 0 Å².